The molecule has 5 rings (SSSR count). The Balaban J connectivity index is 1.19. The predicted molar refractivity (Wildman–Crippen MR) is 154 cm³/mol. The minimum Gasteiger partial charge on any atom is -0.368 e. The van der Waals surface area contributed by atoms with Crippen molar-refractivity contribution in [1.29, 1.82) is 0 Å². The third-order valence-electron chi connectivity index (χ3n) is 7.08. The van der Waals surface area contributed by atoms with Gasteiger partial charge < -0.3 is 9.80 Å². The maximum atomic E-state index is 13.1. The fraction of sp³-hybridized carbons (Fsp3) is 0.258. The van der Waals surface area contributed by atoms with Gasteiger partial charge in [-0.3, -0.25) is 9.52 Å². The van der Waals surface area contributed by atoms with Gasteiger partial charge in [0, 0.05) is 43.1 Å². The molecule has 7 heteroatoms. The number of nitrogens with zero attached hydrogens (tertiary/aromatic N) is 2. The number of benzene rings is 4. The fourth-order valence-electron chi connectivity index (χ4n) is 4.76. The van der Waals surface area contributed by atoms with Crippen LogP contribution in [-0.2, 0) is 15.4 Å². The monoisotopic (exact) mass is 527 g/mol. The van der Waals surface area contributed by atoms with Crippen LogP contribution < -0.4 is 9.62 Å². The number of amides is 1. The molecule has 1 heterocycles. The van der Waals surface area contributed by atoms with Crippen LogP contribution in [0.5, 0.6) is 0 Å². The van der Waals surface area contributed by atoms with E-state index in [0.717, 1.165) is 22.0 Å². The van der Waals surface area contributed by atoms with E-state index in [1.165, 1.54) is 0 Å². The molecule has 196 valence electrons. The third-order valence-corrected chi connectivity index (χ3v) is 8.48. The van der Waals surface area contributed by atoms with Gasteiger partial charge in [0.15, 0.2) is 0 Å². The molecule has 1 aliphatic heterocycles. The summed E-state index contributed by atoms with van der Waals surface area (Å²) >= 11 is 0. The maximum Gasteiger partial charge on any atom is 0.261 e. The topological polar surface area (TPSA) is 69.7 Å². The Morgan fingerprint density at radius 1 is 0.763 bits per heavy atom. The van der Waals surface area contributed by atoms with Gasteiger partial charge in [0.05, 0.1) is 4.90 Å². The number of hydrogen-bond acceptors (Lipinski definition) is 4. The second-order valence-electron chi connectivity index (χ2n) is 10.8. The van der Waals surface area contributed by atoms with Gasteiger partial charge in [0.1, 0.15) is 0 Å². The average molecular weight is 528 g/mol. The Morgan fingerprint density at radius 3 is 2.03 bits per heavy atom. The van der Waals surface area contributed by atoms with Crippen molar-refractivity contribution >= 4 is 38.1 Å². The summed E-state index contributed by atoms with van der Waals surface area (Å²) in [6, 6.07) is 28.3. The first-order valence-electron chi connectivity index (χ1n) is 12.9. The van der Waals surface area contributed by atoms with Crippen LogP contribution in [0.25, 0.3) is 10.8 Å². The summed E-state index contributed by atoms with van der Waals surface area (Å²) in [4.78, 5) is 17.4. The van der Waals surface area contributed by atoms with E-state index in [-0.39, 0.29) is 16.2 Å². The van der Waals surface area contributed by atoms with E-state index in [2.05, 4.69) is 30.4 Å². The Labute approximate surface area is 224 Å². The molecule has 0 unspecified atom stereocenters. The highest BCUT2D eigenvalue weighted by Gasteiger charge is 2.23. The number of carbonyl (C=O) groups is 1. The molecule has 0 saturated carbocycles. The van der Waals surface area contributed by atoms with Crippen LogP contribution >= 0.6 is 0 Å². The second-order valence-corrected chi connectivity index (χ2v) is 12.5. The SMILES string of the molecule is CC(C)(C)c1ccc(S(=O)(=O)Nc2ccc(N3CCN(C(=O)c4ccc5ccccc5c4)CC3)cc2)cc1. The summed E-state index contributed by atoms with van der Waals surface area (Å²) in [6.07, 6.45) is 0. The zero-order chi connectivity index (χ0) is 26.9. The van der Waals surface area contributed by atoms with Gasteiger partial charge in [-0.15, -0.1) is 0 Å². The molecule has 4 aromatic rings. The molecule has 4 aromatic carbocycles. The number of fused-ring (bicyclic) bond motifs is 1. The van der Waals surface area contributed by atoms with Crippen LogP contribution in [0.4, 0.5) is 11.4 Å². The highest BCUT2D eigenvalue weighted by atomic mass is 32.2. The Morgan fingerprint density at radius 2 is 1.39 bits per heavy atom. The van der Waals surface area contributed by atoms with Crippen LogP contribution in [0.15, 0.2) is 95.9 Å². The smallest absolute Gasteiger partial charge is 0.261 e. The lowest BCUT2D eigenvalue weighted by Gasteiger charge is -2.36. The van der Waals surface area contributed by atoms with E-state index in [9.17, 15) is 13.2 Å². The lowest BCUT2D eigenvalue weighted by molar-refractivity contribution is 0.0747. The van der Waals surface area contributed by atoms with Crippen molar-refractivity contribution in [3.63, 3.8) is 0 Å². The number of carbonyl (C=O) groups excluding carboxylic acids is 1. The van der Waals surface area contributed by atoms with Gasteiger partial charge in [-0.2, -0.15) is 0 Å². The summed E-state index contributed by atoms with van der Waals surface area (Å²) in [5.41, 5.74) is 3.27. The summed E-state index contributed by atoms with van der Waals surface area (Å²) in [5, 5.41) is 2.19. The lowest BCUT2D eigenvalue weighted by Crippen LogP contribution is -2.48. The average Bonchev–Trinajstić information content (AvgIpc) is 2.92. The molecule has 0 spiro atoms. The van der Waals surface area contributed by atoms with E-state index >= 15 is 0 Å². The summed E-state index contributed by atoms with van der Waals surface area (Å²) in [5.74, 6) is 0.0516. The minimum atomic E-state index is -3.68. The molecule has 6 nitrogen and oxygen atoms in total. The van der Waals surface area contributed by atoms with Crippen molar-refractivity contribution in [3.8, 4) is 0 Å². The van der Waals surface area contributed by atoms with E-state index in [1.54, 1.807) is 24.3 Å². The minimum absolute atomic E-state index is 0.0409. The Hall–Kier alpha value is -3.84. The molecule has 1 amide bonds. The Bertz CT molecular complexity index is 1550. The van der Waals surface area contributed by atoms with E-state index in [1.807, 2.05) is 71.6 Å². The molecule has 38 heavy (non-hydrogen) atoms. The third kappa shape index (κ3) is 5.53. The number of hydrogen-bond donors (Lipinski definition) is 1. The van der Waals surface area contributed by atoms with Gasteiger partial charge in [0.25, 0.3) is 15.9 Å². The zero-order valence-electron chi connectivity index (χ0n) is 22.0. The normalized spacial score (nSPS) is 14.5. The standard InChI is InChI=1S/C31H33N3O3S/c1-31(2,3)26-10-16-29(17-11-26)38(36,37)32-27-12-14-28(15-13-27)33-18-20-34(21-19-33)30(35)25-9-8-23-6-4-5-7-24(23)22-25/h4-17,22,32H,18-21H2,1-3H3. The van der Waals surface area contributed by atoms with Crippen LogP contribution in [0.2, 0.25) is 0 Å². The van der Waals surface area contributed by atoms with Crippen molar-refractivity contribution in [2.75, 3.05) is 35.8 Å². The number of anilines is 2. The lowest BCUT2D eigenvalue weighted by atomic mass is 9.87. The van der Waals surface area contributed by atoms with Crippen molar-refractivity contribution in [1.82, 2.24) is 4.90 Å². The van der Waals surface area contributed by atoms with Gasteiger partial charge in [0.2, 0.25) is 0 Å². The summed E-state index contributed by atoms with van der Waals surface area (Å²) in [6.45, 7) is 8.97. The molecular formula is C31H33N3O3S. The first-order valence-corrected chi connectivity index (χ1v) is 14.3. The predicted octanol–water partition coefficient (Wildman–Crippen LogP) is 5.90. The molecular weight excluding hydrogens is 494 g/mol. The maximum absolute atomic E-state index is 13.1. The molecule has 0 atom stereocenters. The van der Waals surface area contributed by atoms with Crippen molar-refractivity contribution in [2.45, 2.75) is 31.1 Å². The number of nitrogens with one attached hydrogen (secondary N) is 1. The highest BCUT2D eigenvalue weighted by molar-refractivity contribution is 7.92. The van der Waals surface area contributed by atoms with E-state index in [0.29, 0.717) is 37.4 Å². The van der Waals surface area contributed by atoms with Gasteiger partial charge in [-0.05, 0) is 70.3 Å². The van der Waals surface area contributed by atoms with Gasteiger partial charge in [-0.25, -0.2) is 8.42 Å². The molecule has 0 bridgehead atoms. The van der Waals surface area contributed by atoms with Crippen LogP contribution in [0.1, 0.15) is 36.7 Å². The first-order chi connectivity index (χ1) is 18.1. The van der Waals surface area contributed by atoms with E-state index in [4.69, 9.17) is 0 Å². The second kappa shape index (κ2) is 10.1. The van der Waals surface area contributed by atoms with Crippen LogP contribution in [-0.4, -0.2) is 45.4 Å². The van der Waals surface area contributed by atoms with Gasteiger partial charge >= 0.3 is 0 Å². The van der Waals surface area contributed by atoms with E-state index < -0.39 is 10.0 Å². The summed E-state index contributed by atoms with van der Waals surface area (Å²) < 4.78 is 28.4. The molecule has 1 saturated heterocycles. The number of sulfonamides is 1. The van der Waals surface area contributed by atoms with Crippen molar-refractivity contribution < 1.29 is 13.2 Å². The molecule has 1 fully saturated rings. The number of piperazine rings is 1. The zero-order valence-corrected chi connectivity index (χ0v) is 22.8. The highest BCUT2D eigenvalue weighted by Crippen LogP contribution is 2.26. The molecule has 0 aliphatic carbocycles. The van der Waals surface area contributed by atoms with Crippen LogP contribution in [0, 0.1) is 0 Å². The quantitative estimate of drug-likeness (QED) is 0.351. The number of rotatable bonds is 5. The summed E-state index contributed by atoms with van der Waals surface area (Å²) in [7, 11) is -3.68. The molecule has 0 radical (unpaired) electrons. The largest absolute Gasteiger partial charge is 0.368 e. The Kier molecular flexibility index (Phi) is 6.88. The van der Waals surface area contributed by atoms with Gasteiger partial charge in [-0.1, -0.05) is 63.2 Å². The first kappa shape index (κ1) is 25.8. The van der Waals surface area contributed by atoms with Crippen molar-refractivity contribution in [3.05, 3.63) is 102 Å². The fourth-order valence-corrected chi connectivity index (χ4v) is 5.82. The molecule has 0 aromatic heterocycles. The van der Waals surface area contributed by atoms with Crippen molar-refractivity contribution in [2.24, 2.45) is 0 Å². The molecule has 1 aliphatic rings. The molecule has 1 N–H and O–H groups in total. The van der Waals surface area contributed by atoms with Crippen LogP contribution in [0.3, 0.4) is 0 Å².